The van der Waals surface area contributed by atoms with Gasteiger partial charge in [0.1, 0.15) is 11.6 Å². The van der Waals surface area contributed by atoms with Crippen LogP contribution in [0.1, 0.15) is 16.3 Å². The summed E-state index contributed by atoms with van der Waals surface area (Å²) in [6.45, 7) is 1.79. The third-order valence-corrected chi connectivity index (χ3v) is 2.99. The van der Waals surface area contributed by atoms with Gasteiger partial charge in [0.25, 0.3) is 5.91 Å². The molecule has 21 heavy (non-hydrogen) atoms. The van der Waals surface area contributed by atoms with E-state index in [1.165, 1.54) is 0 Å². The SMILES string of the molecule is Cc1ccc(C(=O)Nc2ccnn2-c2ccc(N)cc2)o1. The second kappa shape index (κ2) is 5.16. The minimum absolute atomic E-state index is 0.262. The maximum Gasteiger partial charge on any atom is 0.292 e. The molecule has 0 fully saturated rings. The van der Waals surface area contributed by atoms with Crippen LogP contribution < -0.4 is 11.1 Å². The molecule has 0 aliphatic heterocycles. The van der Waals surface area contributed by atoms with Crippen molar-refractivity contribution in [3.05, 3.63) is 60.2 Å². The summed E-state index contributed by atoms with van der Waals surface area (Å²) >= 11 is 0. The molecular formula is C15H14N4O2. The molecule has 6 heteroatoms. The topological polar surface area (TPSA) is 86.1 Å². The zero-order valence-electron chi connectivity index (χ0n) is 11.4. The number of carbonyl (C=O) groups excluding carboxylic acids is 1. The Bertz CT molecular complexity index is 771. The summed E-state index contributed by atoms with van der Waals surface area (Å²) in [7, 11) is 0. The second-order valence-corrected chi connectivity index (χ2v) is 4.58. The molecule has 0 radical (unpaired) electrons. The van der Waals surface area contributed by atoms with Crippen molar-refractivity contribution >= 4 is 17.4 Å². The fourth-order valence-corrected chi connectivity index (χ4v) is 1.95. The van der Waals surface area contributed by atoms with Crippen LogP contribution in [0.4, 0.5) is 11.5 Å². The number of rotatable bonds is 3. The van der Waals surface area contributed by atoms with Gasteiger partial charge in [0.05, 0.1) is 11.9 Å². The number of hydrogen-bond donors (Lipinski definition) is 2. The van der Waals surface area contributed by atoms with Gasteiger partial charge in [-0.1, -0.05) is 0 Å². The highest BCUT2D eigenvalue weighted by atomic mass is 16.3. The van der Waals surface area contributed by atoms with E-state index in [0.717, 1.165) is 5.69 Å². The number of amides is 1. The predicted molar refractivity (Wildman–Crippen MR) is 79.4 cm³/mol. The second-order valence-electron chi connectivity index (χ2n) is 4.58. The van der Waals surface area contributed by atoms with Gasteiger partial charge in [-0.05, 0) is 43.3 Å². The van der Waals surface area contributed by atoms with E-state index in [-0.39, 0.29) is 11.7 Å². The number of nitrogens with two attached hydrogens (primary N) is 1. The maximum atomic E-state index is 12.1. The Labute approximate surface area is 121 Å². The lowest BCUT2D eigenvalue weighted by Crippen LogP contribution is -2.14. The molecule has 0 aliphatic carbocycles. The van der Waals surface area contributed by atoms with Crippen LogP contribution in [0.25, 0.3) is 5.69 Å². The van der Waals surface area contributed by atoms with Gasteiger partial charge in [-0.15, -0.1) is 0 Å². The molecule has 6 nitrogen and oxygen atoms in total. The molecule has 3 rings (SSSR count). The van der Waals surface area contributed by atoms with Crippen molar-refractivity contribution in [1.82, 2.24) is 9.78 Å². The predicted octanol–water partition coefficient (Wildman–Crippen LogP) is 2.61. The standard InChI is InChI=1S/C15H14N4O2/c1-10-2-7-13(21-10)15(20)18-14-8-9-17-19(14)12-5-3-11(16)4-6-12/h2-9H,16H2,1H3,(H,18,20). The van der Waals surface area contributed by atoms with Gasteiger partial charge >= 0.3 is 0 Å². The number of furan rings is 1. The lowest BCUT2D eigenvalue weighted by atomic mass is 10.3. The number of nitrogens with one attached hydrogen (secondary N) is 1. The van der Waals surface area contributed by atoms with Crippen molar-refractivity contribution < 1.29 is 9.21 Å². The van der Waals surface area contributed by atoms with Gasteiger partial charge < -0.3 is 15.5 Å². The summed E-state index contributed by atoms with van der Waals surface area (Å²) in [5, 5.41) is 6.97. The normalized spacial score (nSPS) is 10.5. The van der Waals surface area contributed by atoms with Crippen LogP contribution in [0.2, 0.25) is 0 Å². The highest BCUT2D eigenvalue weighted by molar-refractivity contribution is 6.01. The summed E-state index contributed by atoms with van der Waals surface area (Å²) < 4.78 is 6.92. The van der Waals surface area contributed by atoms with Gasteiger partial charge in [0.15, 0.2) is 5.76 Å². The van der Waals surface area contributed by atoms with Crippen LogP contribution >= 0.6 is 0 Å². The molecule has 106 valence electrons. The monoisotopic (exact) mass is 282 g/mol. The average Bonchev–Trinajstić information content (AvgIpc) is 3.09. The third-order valence-electron chi connectivity index (χ3n) is 2.99. The van der Waals surface area contributed by atoms with Crippen LogP contribution in [0.5, 0.6) is 0 Å². The van der Waals surface area contributed by atoms with E-state index in [1.54, 1.807) is 48.1 Å². The Balaban J connectivity index is 1.86. The fraction of sp³-hybridized carbons (Fsp3) is 0.0667. The molecule has 2 aromatic heterocycles. The Morgan fingerprint density at radius 2 is 1.95 bits per heavy atom. The minimum atomic E-state index is -0.319. The Hall–Kier alpha value is -3.02. The maximum absolute atomic E-state index is 12.1. The van der Waals surface area contributed by atoms with Crippen molar-refractivity contribution in [2.24, 2.45) is 0 Å². The largest absolute Gasteiger partial charge is 0.456 e. The van der Waals surface area contributed by atoms with Crippen LogP contribution in [-0.4, -0.2) is 15.7 Å². The zero-order chi connectivity index (χ0) is 14.8. The molecule has 3 aromatic rings. The molecule has 1 amide bonds. The number of aryl methyl sites for hydroxylation is 1. The quantitative estimate of drug-likeness (QED) is 0.723. The molecule has 0 saturated heterocycles. The summed E-state index contributed by atoms with van der Waals surface area (Å²) in [4.78, 5) is 12.1. The summed E-state index contributed by atoms with van der Waals surface area (Å²) in [6, 6.07) is 12.3. The third kappa shape index (κ3) is 2.64. The Morgan fingerprint density at radius 1 is 1.19 bits per heavy atom. The van der Waals surface area contributed by atoms with E-state index in [9.17, 15) is 4.79 Å². The van der Waals surface area contributed by atoms with Crippen LogP contribution in [0, 0.1) is 6.92 Å². The van der Waals surface area contributed by atoms with Gasteiger partial charge in [-0.2, -0.15) is 5.10 Å². The average molecular weight is 282 g/mol. The summed E-state index contributed by atoms with van der Waals surface area (Å²) in [5.41, 5.74) is 7.14. The van der Waals surface area contributed by atoms with Crippen molar-refractivity contribution in [2.75, 3.05) is 11.1 Å². The van der Waals surface area contributed by atoms with Crippen LogP contribution in [0.15, 0.2) is 53.1 Å². The molecule has 0 aliphatic rings. The number of carbonyl (C=O) groups is 1. The number of anilines is 2. The summed E-state index contributed by atoms with van der Waals surface area (Å²) in [6.07, 6.45) is 1.61. The fourth-order valence-electron chi connectivity index (χ4n) is 1.95. The first-order valence-electron chi connectivity index (χ1n) is 6.41. The molecule has 0 atom stereocenters. The molecule has 0 bridgehead atoms. The van der Waals surface area contributed by atoms with Crippen molar-refractivity contribution in [3.63, 3.8) is 0 Å². The number of aromatic nitrogens is 2. The van der Waals surface area contributed by atoms with E-state index in [2.05, 4.69) is 10.4 Å². The number of hydrogen-bond acceptors (Lipinski definition) is 4. The van der Waals surface area contributed by atoms with Crippen molar-refractivity contribution in [1.29, 1.82) is 0 Å². The highest BCUT2D eigenvalue weighted by Crippen LogP contribution is 2.17. The molecular weight excluding hydrogens is 268 g/mol. The molecule has 0 unspecified atom stereocenters. The van der Waals surface area contributed by atoms with E-state index in [1.807, 2.05) is 12.1 Å². The van der Waals surface area contributed by atoms with Gasteiger partial charge in [0.2, 0.25) is 0 Å². The highest BCUT2D eigenvalue weighted by Gasteiger charge is 2.13. The Morgan fingerprint density at radius 3 is 2.62 bits per heavy atom. The molecule has 2 heterocycles. The minimum Gasteiger partial charge on any atom is -0.456 e. The Kier molecular flexibility index (Phi) is 3.19. The molecule has 1 aromatic carbocycles. The van der Waals surface area contributed by atoms with E-state index in [4.69, 9.17) is 10.2 Å². The first kappa shape index (κ1) is 13.0. The van der Waals surface area contributed by atoms with Crippen molar-refractivity contribution in [3.8, 4) is 5.69 Å². The molecule has 3 N–H and O–H groups in total. The lowest BCUT2D eigenvalue weighted by Gasteiger charge is -2.08. The smallest absolute Gasteiger partial charge is 0.292 e. The summed E-state index contributed by atoms with van der Waals surface area (Å²) in [5.74, 6) is 1.18. The number of nitrogens with zero attached hydrogens (tertiary/aromatic N) is 2. The van der Waals surface area contributed by atoms with E-state index < -0.39 is 0 Å². The van der Waals surface area contributed by atoms with E-state index in [0.29, 0.717) is 17.3 Å². The zero-order valence-corrected chi connectivity index (χ0v) is 11.4. The molecule has 0 saturated carbocycles. The van der Waals surface area contributed by atoms with Crippen molar-refractivity contribution in [2.45, 2.75) is 6.92 Å². The van der Waals surface area contributed by atoms with Crippen LogP contribution in [-0.2, 0) is 0 Å². The van der Waals surface area contributed by atoms with Gasteiger partial charge in [0, 0.05) is 11.8 Å². The first-order valence-corrected chi connectivity index (χ1v) is 6.41. The van der Waals surface area contributed by atoms with E-state index >= 15 is 0 Å². The number of benzene rings is 1. The van der Waals surface area contributed by atoms with Gasteiger partial charge in [-0.3, -0.25) is 4.79 Å². The van der Waals surface area contributed by atoms with Crippen LogP contribution in [0.3, 0.4) is 0 Å². The molecule has 0 spiro atoms. The van der Waals surface area contributed by atoms with Gasteiger partial charge in [-0.25, -0.2) is 4.68 Å². The number of nitrogen functional groups attached to an aromatic ring is 1. The lowest BCUT2D eigenvalue weighted by molar-refractivity contribution is 0.0994. The first-order chi connectivity index (χ1) is 10.1.